The van der Waals surface area contributed by atoms with Crippen molar-refractivity contribution in [3.63, 3.8) is 0 Å². The summed E-state index contributed by atoms with van der Waals surface area (Å²) >= 11 is 0. The molecule has 5 aromatic rings. The van der Waals surface area contributed by atoms with Crippen LogP contribution in [0.15, 0.2) is 207 Å². The highest BCUT2D eigenvalue weighted by Gasteiger charge is 2.19. The first-order valence-electron chi connectivity index (χ1n) is 20.5. The molecule has 0 aromatic heterocycles. The number of hydrogen-bond acceptors (Lipinski definition) is 1. The molecular weight excluding hydrogens is 699 g/mol. The molecule has 1 atom stereocenters. The molecule has 0 spiro atoms. The fourth-order valence-electron chi connectivity index (χ4n) is 7.79. The van der Waals surface area contributed by atoms with Gasteiger partial charge in [0.1, 0.15) is 0 Å². The number of aryl methyl sites for hydroxylation is 2. The lowest BCUT2D eigenvalue weighted by atomic mass is 9.81. The zero-order chi connectivity index (χ0) is 40.3. The molecule has 58 heavy (non-hydrogen) atoms. The molecular formula is C57H53N. The summed E-state index contributed by atoms with van der Waals surface area (Å²) in [6.45, 7) is 14.7. The molecule has 0 radical (unpaired) electrons. The molecule has 1 unspecified atom stereocenters. The van der Waals surface area contributed by atoms with Gasteiger partial charge in [-0.05, 0) is 154 Å². The van der Waals surface area contributed by atoms with Crippen LogP contribution in [0.2, 0.25) is 0 Å². The number of rotatable bonds is 13. The van der Waals surface area contributed by atoms with E-state index in [0.717, 1.165) is 47.3 Å². The van der Waals surface area contributed by atoms with Gasteiger partial charge in [-0.2, -0.15) is 0 Å². The van der Waals surface area contributed by atoms with Gasteiger partial charge in [0, 0.05) is 17.6 Å². The Balaban J connectivity index is 1.26. The van der Waals surface area contributed by atoms with E-state index in [-0.39, 0.29) is 0 Å². The second kappa shape index (κ2) is 19.0. The zero-order valence-corrected chi connectivity index (χ0v) is 34.1. The molecule has 1 heteroatoms. The van der Waals surface area contributed by atoms with Crippen LogP contribution in [-0.4, -0.2) is 0 Å². The van der Waals surface area contributed by atoms with E-state index in [9.17, 15) is 0 Å². The summed E-state index contributed by atoms with van der Waals surface area (Å²) in [6.07, 6.45) is 33.4. The van der Waals surface area contributed by atoms with Crippen molar-refractivity contribution in [3.8, 4) is 11.1 Å². The molecule has 2 aliphatic carbocycles. The maximum atomic E-state index is 4.26. The molecule has 5 aromatic carbocycles. The fraction of sp³-hybridized carbons (Fsp3) is 0.123. The fourth-order valence-corrected chi connectivity index (χ4v) is 7.79. The Morgan fingerprint density at radius 3 is 2.31 bits per heavy atom. The van der Waals surface area contributed by atoms with Crippen LogP contribution in [0.25, 0.3) is 40.0 Å². The maximum absolute atomic E-state index is 4.26. The Morgan fingerprint density at radius 2 is 1.55 bits per heavy atom. The number of hydrogen-bond donors (Lipinski definition) is 0. The summed E-state index contributed by atoms with van der Waals surface area (Å²) in [6, 6.07) is 41.8. The van der Waals surface area contributed by atoms with E-state index in [1.807, 2.05) is 24.3 Å². The molecule has 7 rings (SSSR count). The third-order valence-electron chi connectivity index (χ3n) is 11.0. The van der Waals surface area contributed by atoms with Crippen LogP contribution in [0, 0.1) is 12.8 Å². The highest BCUT2D eigenvalue weighted by atomic mass is 15.1. The topological polar surface area (TPSA) is 3.24 Å². The Hall–Kier alpha value is -6.70. The molecule has 1 nitrogen and oxygen atoms in total. The number of benzene rings is 5. The number of fused-ring (bicyclic) bond motifs is 1. The minimum atomic E-state index is 0.550. The van der Waals surface area contributed by atoms with Crippen LogP contribution in [0.1, 0.15) is 71.2 Å². The molecule has 0 saturated heterocycles. The molecule has 286 valence electrons. The summed E-state index contributed by atoms with van der Waals surface area (Å²) in [4.78, 5) is 2.20. The van der Waals surface area contributed by atoms with Crippen molar-refractivity contribution in [2.75, 3.05) is 4.90 Å². The van der Waals surface area contributed by atoms with Gasteiger partial charge in [-0.3, -0.25) is 0 Å². The maximum Gasteiger partial charge on any atom is 0.0455 e. The van der Waals surface area contributed by atoms with Gasteiger partial charge in [-0.1, -0.05) is 172 Å². The lowest BCUT2D eigenvalue weighted by Crippen LogP contribution is -2.13. The van der Waals surface area contributed by atoms with E-state index >= 15 is 0 Å². The third kappa shape index (κ3) is 9.28. The first-order valence-corrected chi connectivity index (χ1v) is 20.5. The first kappa shape index (κ1) is 39.5. The van der Waals surface area contributed by atoms with Crippen LogP contribution >= 0.6 is 0 Å². The largest absolute Gasteiger partial charge is 0.317 e. The van der Waals surface area contributed by atoms with Gasteiger partial charge in [0.2, 0.25) is 0 Å². The normalized spacial score (nSPS) is 15.7. The van der Waals surface area contributed by atoms with E-state index in [4.69, 9.17) is 0 Å². The summed E-state index contributed by atoms with van der Waals surface area (Å²) in [5.74, 6) is 0.550. The van der Waals surface area contributed by atoms with E-state index < -0.39 is 0 Å². The van der Waals surface area contributed by atoms with Crippen molar-refractivity contribution in [1.82, 2.24) is 0 Å². The molecule has 0 bridgehead atoms. The quantitative estimate of drug-likeness (QED) is 0.108. The van der Waals surface area contributed by atoms with E-state index in [1.165, 1.54) is 55.7 Å². The second-order valence-corrected chi connectivity index (χ2v) is 15.0. The summed E-state index contributed by atoms with van der Waals surface area (Å²) in [5, 5.41) is 0. The van der Waals surface area contributed by atoms with Crippen molar-refractivity contribution in [3.05, 3.63) is 252 Å². The average Bonchev–Trinajstić information content (AvgIpc) is 3.27. The lowest BCUT2D eigenvalue weighted by Gasteiger charge is -2.23. The number of anilines is 1. The van der Waals surface area contributed by atoms with Gasteiger partial charge >= 0.3 is 0 Å². The van der Waals surface area contributed by atoms with Crippen LogP contribution in [0.4, 0.5) is 5.69 Å². The number of allylic oxidation sites excluding steroid dienone is 13. The molecule has 0 heterocycles. The smallest absolute Gasteiger partial charge is 0.0455 e. The standard InChI is InChI=1S/C57H53N/c1-6-16-45(46-19-10-9-11-20-46)38-39-58(52(8-3)23-14-18-44-29-28-43(5)50(40-44)17-7-2)53-35-32-47(33-36-53)51-34-37-56(57(41-51)49-30-26-42(4)27-31-49)55-25-15-22-48-21-12-13-24-54(48)55/h6-14,16-21,23-26,28-42H,1,3,15,22,27H2,2,4-5H3/b17-7-,18-14+,39-38-,45-16+,52-23+. The second-order valence-electron chi connectivity index (χ2n) is 15.0. The predicted octanol–water partition coefficient (Wildman–Crippen LogP) is 15.4. The van der Waals surface area contributed by atoms with Gasteiger partial charge in [0.25, 0.3) is 0 Å². The Kier molecular flexibility index (Phi) is 12.9. The highest BCUT2D eigenvalue weighted by Crippen LogP contribution is 2.39. The average molecular weight is 752 g/mol. The van der Waals surface area contributed by atoms with Crippen molar-refractivity contribution in [1.29, 1.82) is 0 Å². The molecule has 0 amide bonds. The molecule has 0 fully saturated rings. The van der Waals surface area contributed by atoms with Crippen LogP contribution in [0.5, 0.6) is 0 Å². The van der Waals surface area contributed by atoms with Crippen molar-refractivity contribution >= 4 is 34.6 Å². The van der Waals surface area contributed by atoms with Gasteiger partial charge in [0.15, 0.2) is 0 Å². The Labute approximate surface area is 346 Å². The molecule has 0 saturated carbocycles. The van der Waals surface area contributed by atoms with Gasteiger partial charge in [0.05, 0.1) is 0 Å². The third-order valence-corrected chi connectivity index (χ3v) is 11.0. The predicted molar refractivity (Wildman–Crippen MR) is 254 cm³/mol. The van der Waals surface area contributed by atoms with E-state index in [1.54, 1.807) is 0 Å². The highest BCUT2D eigenvalue weighted by molar-refractivity contribution is 5.92. The molecule has 0 N–H and O–H groups in total. The zero-order valence-electron chi connectivity index (χ0n) is 34.1. The minimum Gasteiger partial charge on any atom is -0.317 e. The van der Waals surface area contributed by atoms with Gasteiger partial charge < -0.3 is 4.90 Å². The summed E-state index contributed by atoms with van der Waals surface area (Å²) in [5.41, 5.74) is 18.2. The monoisotopic (exact) mass is 751 g/mol. The van der Waals surface area contributed by atoms with E-state index in [0.29, 0.717) is 5.92 Å². The number of nitrogens with zero attached hydrogens (tertiary/aromatic N) is 1. The Morgan fingerprint density at radius 1 is 0.759 bits per heavy atom. The minimum absolute atomic E-state index is 0.550. The van der Waals surface area contributed by atoms with Crippen molar-refractivity contribution in [2.24, 2.45) is 5.92 Å². The van der Waals surface area contributed by atoms with Crippen LogP contribution in [-0.2, 0) is 6.42 Å². The van der Waals surface area contributed by atoms with E-state index in [2.05, 4.69) is 215 Å². The lowest BCUT2D eigenvalue weighted by molar-refractivity contribution is 0.739. The summed E-state index contributed by atoms with van der Waals surface area (Å²) in [7, 11) is 0. The molecule has 0 aliphatic heterocycles. The van der Waals surface area contributed by atoms with Gasteiger partial charge in [-0.15, -0.1) is 0 Å². The van der Waals surface area contributed by atoms with Crippen molar-refractivity contribution < 1.29 is 0 Å². The SMILES string of the molecule is C=C/C=C(\C=C/N(/C(C=C)=C/C=C/c1ccc(C)c(/C=C\C)c1)c1ccc(-c2ccc(C3=CCCc4ccccc43)c(C3=CCC(C)C=C3)c2)cc1)c1ccccc1. The first-order chi connectivity index (χ1) is 28.4. The molecule has 2 aliphatic rings. The van der Waals surface area contributed by atoms with Gasteiger partial charge in [-0.25, -0.2) is 0 Å². The van der Waals surface area contributed by atoms with Crippen LogP contribution < -0.4 is 4.90 Å². The summed E-state index contributed by atoms with van der Waals surface area (Å²) < 4.78 is 0. The van der Waals surface area contributed by atoms with Crippen LogP contribution in [0.3, 0.4) is 0 Å². The Bertz CT molecular complexity index is 2520. The van der Waals surface area contributed by atoms with Crippen molar-refractivity contribution in [2.45, 2.75) is 40.0 Å².